The number of fused-ring (bicyclic) bond motifs is 10. The van der Waals surface area contributed by atoms with Crippen LogP contribution >= 0.6 is 0 Å². The Bertz CT molecular complexity index is 2710. The minimum atomic E-state index is 0.594. The first kappa shape index (κ1) is 23.4. The van der Waals surface area contributed by atoms with Crippen LogP contribution in [-0.2, 0) is 0 Å². The highest BCUT2D eigenvalue weighted by Crippen LogP contribution is 2.41. The van der Waals surface area contributed by atoms with Crippen LogP contribution in [0.2, 0.25) is 0 Å². The summed E-state index contributed by atoms with van der Waals surface area (Å²) in [6, 6.07) is 43.4. The predicted molar refractivity (Wildman–Crippen MR) is 173 cm³/mol. The zero-order valence-electron chi connectivity index (χ0n) is 22.7. The number of hydrogen-bond donors (Lipinski definition) is 0. The van der Waals surface area contributed by atoms with Gasteiger partial charge in [-0.05, 0) is 66.7 Å². The van der Waals surface area contributed by atoms with Crippen molar-refractivity contribution >= 4 is 71.2 Å². The quantitative estimate of drug-likeness (QED) is 0.202. The Morgan fingerprint density at radius 1 is 0.581 bits per heavy atom. The van der Waals surface area contributed by atoms with E-state index in [0.29, 0.717) is 11.3 Å². The lowest BCUT2D eigenvalue weighted by Gasteiger charge is -2.13. The predicted octanol–water partition coefficient (Wildman–Crippen LogP) is 10.2. The monoisotopic (exact) mass is 548 g/mol. The fourth-order valence-corrected chi connectivity index (χ4v) is 6.70. The van der Waals surface area contributed by atoms with Gasteiger partial charge >= 0.3 is 0 Å². The maximum atomic E-state index is 9.58. The summed E-state index contributed by atoms with van der Waals surface area (Å²) in [4.78, 5) is 3.64. The van der Waals surface area contributed by atoms with Gasteiger partial charge in [0, 0.05) is 43.7 Å². The minimum absolute atomic E-state index is 0.594. The summed E-state index contributed by atoms with van der Waals surface area (Å²) in [7, 11) is 0. The average molecular weight is 549 g/mol. The van der Waals surface area contributed by atoms with Crippen LogP contribution in [-0.4, -0.2) is 9.13 Å². The first-order chi connectivity index (χ1) is 21.2. The van der Waals surface area contributed by atoms with E-state index in [-0.39, 0.29) is 0 Å². The molecule has 0 aliphatic rings. The molecule has 0 spiro atoms. The Labute approximate surface area is 245 Å². The zero-order chi connectivity index (χ0) is 28.7. The molecule has 0 bridgehead atoms. The summed E-state index contributed by atoms with van der Waals surface area (Å²) in [5.74, 6) is 0. The molecular formula is C38H20N4O. The van der Waals surface area contributed by atoms with Crippen LogP contribution < -0.4 is 0 Å². The van der Waals surface area contributed by atoms with Crippen LogP contribution in [0.15, 0.2) is 126 Å². The van der Waals surface area contributed by atoms with Crippen molar-refractivity contribution in [1.82, 2.24) is 9.13 Å². The molecule has 43 heavy (non-hydrogen) atoms. The Morgan fingerprint density at radius 2 is 1.28 bits per heavy atom. The second-order valence-corrected chi connectivity index (χ2v) is 10.8. The van der Waals surface area contributed by atoms with Gasteiger partial charge in [-0.3, -0.25) is 0 Å². The molecule has 0 amide bonds. The van der Waals surface area contributed by atoms with Crippen LogP contribution in [0.5, 0.6) is 0 Å². The topological polar surface area (TPSA) is 51.1 Å². The molecule has 5 nitrogen and oxygen atoms in total. The molecule has 0 aliphatic heterocycles. The van der Waals surface area contributed by atoms with Crippen molar-refractivity contribution in [3.8, 4) is 17.4 Å². The van der Waals surface area contributed by atoms with Gasteiger partial charge in [-0.25, -0.2) is 4.85 Å². The van der Waals surface area contributed by atoms with Gasteiger partial charge in [-0.1, -0.05) is 54.6 Å². The molecule has 0 saturated heterocycles. The molecule has 0 unspecified atom stereocenters. The summed E-state index contributed by atoms with van der Waals surface area (Å²) in [6.07, 6.45) is 0. The molecule has 0 aliphatic carbocycles. The molecule has 5 heteroatoms. The smallest absolute Gasteiger partial charge is 0.188 e. The number of hydrogen-bond acceptors (Lipinski definition) is 2. The highest BCUT2D eigenvalue weighted by molar-refractivity contribution is 6.21. The Hall–Kier alpha value is -6.30. The van der Waals surface area contributed by atoms with Gasteiger partial charge < -0.3 is 13.6 Å². The van der Waals surface area contributed by atoms with E-state index in [1.807, 2.05) is 36.4 Å². The van der Waals surface area contributed by atoms with E-state index in [4.69, 9.17) is 11.0 Å². The van der Waals surface area contributed by atoms with E-state index in [9.17, 15) is 5.26 Å². The summed E-state index contributed by atoms with van der Waals surface area (Å²) in [5, 5.41) is 15.9. The van der Waals surface area contributed by atoms with Crippen molar-refractivity contribution in [3.05, 3.63) is 138 Å². The first-order valence-electron chi connectivity index (χ1n) is 14.0. The second kappa shape index (κ2) is 8.60. The van der Waals surface area contributed by atoms with Crippen molar-refractivity contribution in [2.24, 2.45) is 0 Å². The van der Waals surface area contributed by atoms with Crippen molar-refractivity contribution < 1.29 is 4.42 Å². The van der Waals surface area contributed by atoms with Gasteiger partial charge in [0.2, 0.25) is 0 Å². The highest BCUT2D eigenvalue weighted by atomic mass is 16.3. The number of benzene rings is 6. The third kappa shape index (κ3) is 3.19. The number of rotatable bonds is 2. The molecule has 9 rings (SSSR count). The summed E-state index contributed by atoms with van der Waals surface area (Å²) < 4.78 is 11.1. The number of aromatic nitrogens is 2. The maximum Gasteiger partial charge on any atom is 0.188 e. The SMILES string of the molecule is [C-]#[N+]c1ccc2oc3c(ccc4c5ccccc5n(-c5cccc(-n6c7ccccc7c7cc(C#N)ccc76)c5)c43)c2c1. The van der Waals surface area contributed by atoms with Crippen molar-refractivity contribution in [2.45, 2.75) is 0 Å². The number of nitrogens with zero attached hydrogens (tertiary/aromatic N) is 4. The molecule has 0 atom stereocenters. The molecule has 198 valence electrons. The lowest BCUT2D eigenvalue weighted by Crippen LogP contribution is -1.98. The van der Waals surface area contributed by atoms with E-state index >= 15 is 0 Å². The van der Waals surface area contributed by atoms with Gasteiger partial charge in [-0.15, -0.1) is 0 Å². The standard InChI is InChI=1S/C38H20N4O/c1-40-24-14-18-36-32(20-24)30-16-15-29-27-9-2-5-12-34(27)42(37(29)38(30)43-36)26-8-6-7-25(21-26)41-33-11-4-3-10-28(33)31-19-23(22-39)13-17-35(31)41/h2-21H. The Kier molecular flexibility index (Phi) is 4.68. The third-order valence-electron chi connectivity index (χ3n) is 8.53. The molecule has 6 aromatic carbocycles. The molecule has 9 aromatic rings. The van der Waals surface area contributed by atoms with Crippen LogP contribution in [0, 0.1) is 17.9 Å². The Balaban J connectivity index is 1.37. The molecule has 0 radical (unpaired) electrons. The van der Waals surface area contributed by atoms with Gasteiger partial charge in [0.1, 0.15) is 5.58 Å². The molecular weight excluding hydrogens is 528 g/mol. The van der Waals surface area contributed by atoms with Gasteiger partial charge in [0.05, 0.1) is 40.3 Å². The molecule has 0 fully saturated rings. The van der Waals surface area contributed by atoms with Gasteiger partial charge in [-0.2, -0.15) is 5.26 Å². The van der Waals surface area contributed by atoms with Crippen molar-refractivity contribution in [3.63, 3.8) is 0 Å². The number of furan rings is 1. The minimum Gasteiger partial charge on any atom is -0.454 e. The maximum absolute atomic E-state index is 9.58. The number of para-hydroxylation sites is 2. The van der Waals surface area contributed by atoms with E-state index in [0.717, 1.165) is 76.9 Å². The van der Waals surface area contributed by atoms with Crippen LogP contribution in [0.3, 0.4) is 0 Å². The fraction of sp³-hybridized carbons (Fsp3) is 0. The van der Waals surface area contributed by atoms with Crippen LogP contribution in [0.25, 0.3) is 81.8 Å². The van der Waals surface area contributed by atoms with Crippen molar-refractivity contribution in [2.75, 3.05) is 0 Å². The molecule has 0 N–H and O–H groups in total. The van der Waals surface area contributed by atoms with E-state index in [1.54, 1.807) is 6.07 Å². The molecule has 0 saturated carbocycles. The largest absolute Gasteiger partial charge is 0.454 e. The normalized spacial score (nSPS) is 11.7. The van der Waals surface area contributed by atoms with Crippen LogP contribution in [0.1, 0.15) is 5.56 Å². The first-order valence-corrected chi connectivity index (χ1v) is 14.0. The lowest BCUT2D eigenvalue weighted by atomic mass is 10.1. The summed E-state index contributed by atoms with van der Waals surface area (Å²) >= 11 is 0. The fourth-order valence-electron chi connectivity index (χ4n) is 6.70. The van der Waals surface area contributed by atoms with E-state index in [2.05, 4.69) is 98.9 Å². The second-order valence-electron chi connectivity index (χ2n) is 10.8. The molecule has 3 aromatic heterocycles. The molecule has 3 heterocycles. The third-order valence-corrected chi connectivity index (χ3v) is 8.53. The Morgan fingerprint density at radius 3 is 2.07 bits per heavy atom. The lowest BCUT2D eigenvalue weighted by molar-refractivity contribution is 0.671. The summed E-state index contributed by atoms with van der Waals surface area (Å²) in [5.41, 5.74) is 9.07. The van der Waals surface area contributed by atoms with E-state index in [1.165, 1.54) is 0 Å². The van der Waals surface area contributed by atoms with Crippen molar-refractivity contribution in [1.29, 1.82) is 5.26 Å². The zero-order valence-corrected chi connectivity index (χ0v) is 22.7. The van der Waals surface area contributed by atoms with E-state index < -0.39 is 0 Å². The average Bonchev–Trinajstić information content (AvgIpc) is 3.71. The van der Waals surface area contributed by atoms with Gasteiger partial charge in [0.25, 0.3) is 0 Å². The summed E-state index contributed by atoms with van der Waals surface area (Å²) in [6.45, 7) is 7.51. The highest BCUT2D eigenvalue weighted by Gasteiger charge is 2.20. The number of nitriles is 1. The van der Waals surface area contributed by atoms with Crippen LogP contribution in [0.4, 0.5) is 5.69 Å². The van der Waals surface area contributed by atoms with Gasteiger partial charge in [0.15, 0.2) is 11.3 Å².